The average molecular weight is 1080 g/mol. The van der Waals surface area contributed by atoms with Gasteiger partial charge in [0, 0.05) is 53.7 Å². The van der Waals surface area contributed by atoms with Crippen LogP contribution in [0.1, 0.15) is 22.3 Å². The van der Waals surface area contributed by atoms with Gasteiger partial charge in [-0.1, -0.05) is 212 Å². The van der Waals surface area contributed by atoms with Crippen molar-refractivity contribution in [1.29, 1.82) is 0 Å². The van der Waals surface area contributed by atoms with E-state index in [1.54, 1.807) is 0 Å². The summed E-state index contributed by atoms with van der Waals surface area (Å²) in [5.74, 6) is 0. The SMILES string of the molecule is c1ccc(-n2c3ccc(-c4cccc(-c5ccc(N(c6ccc(-c7cccc8ccccc78)cc6)c6ccc7c(c6)C6(c8ccccc8-c8ccccc86)c6ccccc6-7)cc5)c4)cc3c3cc4c(ccc5sc6ccccc6c54)cc32)cc1. The van der Waals surface area contributed by atoms with Crippen LogP contribution in [0.4, 0.5) is 17.1 Å². The molecule has 3 heteroatoms. The minimum Gasteiger partial charge on any atom is -0.310 e. The lowest BCUT2D eigenvalue weighted by atomic mass is 9.70. The van der Waals surface area contributed by atoms with Gasteiger partial charge in [-0.2, -0.15) is 0 Å². The van der Waals surface area contributed by atoms with E-state index in [-0.39, 0.29) is 0 Å². The van der Waals surface area contributed by atoms with Crippen LogP contribution in [0.15, 0.2) is 303 Å². The van der Waals surface area contributed by atoms with Gasteiger partial charge in [0.1, 0.15) is 0 Å². The maximum absolute atomic E-state index is 2.49. The topological polar surface area (TPSA) is 8.17 Å². The van der Waals surface area contributed by atoms with Crippen LogP contribution in [0.3, 0.4) is 0 Å². The van der Waals surface area contributed by atoms with E-state index in [1.807, 2.05) is 11.3 Å². The summed E-state index contributed by atoms with van der Waals surface area (Å²) in [5.41, 5.74) is 24.1. The Balaban J connectivity index is 0.764. The molecule has 2 aromatic heterocycles. The molecule has 390 valence electrons. The summed E-state index contributed by atoms with van der Waals surface area (Å²) in [5, 5.41) is 10.2. The predicted octanol–water partition coefficient (Wildman–Crippen LogP) is 22.3. The first-order chi connectivity index (χ1) is 41.6. The smallest absolute Gasteiger partial charge is 0.0726 e. The number of hydrogen-bond donors (Lipinski definition) is 0. The molecule has 0 radical (unpaired) electrons. The van der Waals surface area contributed by atoms with E-state index in [4.69, 9.17) is 0 Å². The first-order valence-corrected chi connectivity index (χ1v) is 29.9. The predicted molar refractivity (Wildman–Crippen MR) is 356 cm³/mol. The summed E-state index contributed by atoms with van der Waals surface area (Å²) >= 11 is 1.88. The minimum absolute atomic E-state index is 0.460. The molecule has 0 saturated heterocycles. The number of aromatic nitrogens is 1. The zero-order valence-corrected chi connectivity index (χ0v) is 46.5. The molecule has 0 bridgehead atoms. The Morgan fingerprint density at radius 3 is 1.56 bits per heavy atom. The van der Waals surface area contributed by atoms with Gasteiger partial charge in [-0.05, 0) is 190 Å². The first-order valence-electron chi connectivity index (χ1n) is 29.0. The van der Waals surface area contributed by atoms with Crippen LogP contribution in [0.5, 0.6) is 0 Å². The molecule has 0 fully saturated rings. The lowest BCUT2D eigenvalue weighted by Crippen LogP contribution is -2.26. The molecule has 0 aliphatic heterocycles. The maximum atomic E-state index is 2.49. The Hall–Kier alpha value is -10.6. The highest BCUT2D eigenvalue weighted by Gasteiger charge is 2.51. The third kappa shape index (κ3) is 6.85. The van der Waals surface area contributed by atoms with Crippen molar-refractivity contribution in [3.05, 3.63) is 326 Å². The Morgan fingerprint density at radius 1 is 0.274 bits per heavy atom. The third-order valence-corrected chi connectivity index (χ3v) is 19.5. The Labute approximate surface area is 490 Å². The fraction of sp³-hybridized carbons (Fsp3) is 0.0123. The quantitative estimate of drug-likeness (QED) is 0.154. The number of hydrogen-bond acceptors (Lipinski definition) is 2. The molecule has 0 amide bonds. The molecule has 2 aliphatic carbocycles. The van der Waals surface area contributed by atoms with Crippen molar-refractivity contribution >= 4 is 91.9 Å². The summed E-state index contributed by atoms with van der Waals surface area (Å²) in [6.07, 6.45) is 0. The van der Waals surface area contributed by atoms with Crippen molar-refractivity contribution in [1.82, 2.24) is 4.57 Å². The monoisotopic (exact) mass is 1080 g/mol. The number of nitrogens with zero attached hydrogens (tertiary/aromatic N) is 2. The van der Waals surface area contributed by atoms with E-state index in [2.05, 4.69) is 313 Å². The van der Waals surface area contributed by atoms with Gasteiger partial charge in [0.15, 0.2) is 0 Å². The number of anilines is 3. The molecule has 0 N–H and O–H groups in total. The lowest BCUT2D eigenvalue weighted by molar-refractivity contribution is 0.793. The van der Waals surface area contributed by atoms with Crippen LogP contribution < -0.4 is 4.90 Å². The van der Waals surface area contributed by atoms with Gasteiger partial charge < -0.3 is 9.47 Å². The lowest BCUT2D eigenvalue weighted by Gasteiger charge is -2.32. The minimum atomic E-state index is -0.460. The number of para-hydroxylation sites is 1. The molecule has 2 aliphatic rings. The molecule has 2 heterocycles. The van der Waals surface area contributed by atoms with Crippen LogP contribution in [-0.4, -0.2) is 4.57 Å². The summed E-state index contributed by atoms with van der Waals surface area (Å²) in [6, 6.07) is 113. The van der Waals surface area contributed by atoms with Crippen LogP contribution in [0.25, 0.3) is 125 Å². The number of rotatable bonds is 7. The molecule has 0 saturated carbocycles. The van der Waals surface area contributed by atoms with E-state index in [9.17, 15) is 0 Å². The molecular formula is C81H50N2S. The molecule has 16 aromatic rings. The molecule has 0 atom stereocenters. The Kier molecular flexibility index (Phi) is 10.2. The van der Waals surface area contributed by atoms with E-state index in [1.165, 1.54) is 136 Å². The third-order valence-electron chi connectivity index (χ3n) is 18.4. The highest BCUT2D eigenvalue weighted by atomic mass is 32.1. The zero-order valence-electron chi connectivity index (χ0n) is 45.7. The molecule has 18 rings (SSSR count). The zero-order chi connectivity index (χ0) is 55.0. The van der Waals surface area contributed by atoms with Gasteiger partial charge in [-0.3, -0.25) is 0 Å². The van der Waals surface area contributed by atoms with Gasteiger partial charge in [0.05, 0.1) is 16.4 Å². The van der Waals surface area contributed by atoms with E-state index in [0.717, 1.165) is 28.3 Å². The van der Waals surface area contributed by atoms with Crippen LogP contribution in [0.2, 0.25) is 0 Å². The fourth-order valence-electron chi connectivity index (χ4n) is 14.7. The summed E-state index contributed by atoms with van der Waals surface area (Å²) < 4.78 is 5.09. The van der Waals surface area contributed by atoms with Crippen molar-refractivity contribution in [2.75, 3.05) is 4.90 Å². The highest BCUT2D eigenvalue weighted by Crippen LogP contribution is 2.63. The van der Waals surface area contributed by atoms with Crippen LogP contribution in [-0.2, 0) is 5.41 Å². The normalized spacial score (nSPS) is 12.9. The van der Waals surface area contributed by atoms with Crippen LogP contribution >= 0.6 is 11.3 Å². The Bertz CT molecular complexity index is 5310. The van der Waals surface area contributed by atoms with Crippen LogP contribution in [0, 0.1) is 0 Å². The second kappa shape index (κ2) is 18.2. The molecular weight excluding hydrogens is 1030 g/mol. The van der Waals surface area contributed by atoms with Gasteiger partial charge in [0.25, 0.3) is 0 Å². The summed E-state index contributed by atoms with van der Waals surface area (Å²) in [6.45, 7) is 0. The largest absolute Gasteiger partial charge is 0.310 e. The van der Waals surface area contributed by atoms with Crippen molar-refractivity contribution in [2.24, 2.45) is 0 Å². The second-order valence-electron chi connectivity index (χ2n) is 22.7. The Morgan fingerprint density at radius 2 is 0.821 bits per heavy atom. The average Bonchev–Trinajstić information content (AvgIpc) is 1.57. The molecule has 0 unspecified atom stereocenters. The van der Waals surface area contributed by atoms with Gasteiger partial charge in [-0.15, -0.1) is 11.3 Å². The van der Waals surface area contributed by atoms with Gasteiger partial charge >= 0.3 is 0 Å². The van der Waals surface area contributed by atoms with Crippen molar-refractivity contribution in [2.45, 2.75) is 5.41 Å². The molecule has 2 nitrogen and oxygen atoms in total. The summed E-state index contributed by atoms with van der Waals surface area (Å²) in [4.78, 5) is 2.45. The standard InChI is InChI=1S/C81H50N2S/c1-2-20-58(21-3-1)83-76-44-36-56(47-70(76)71-50-69-57(48-77(71)83)37-45-79-80(69)68-26-9-13-31-78(68)84-79)55-19-14-18-54(46-55)51-32-38-59(39-33-51)82(60-40-34-53(35-41-60)63-27-15-17-52-16-4-5-22-62(52)63)61-42-43-67-66-25-8-12-30-74(66)81(75(67)49-61)72-28-10-6-23-64(72)65-24-7-11-29-73(65)81/h1-50H. The molecule has 14 aromatic carbocycles. The van der Waals surface area contributed by atoms with Crippen molar-refractivity contribution in [3.63, 3.8) is 0 Å². The molecule has 84 heavy (non-hydrogen) atoms. The fourth-order valence-corrected chi connectivity index (χ4v) is 15.8. The molecule has 1 spiro atoms. The van der Waals surface area contributed by atoms with E-state index < -0.39 is 5.41 Å². The number of thiophene rings is 1. The summed E-state index contributed by atoms with van der Waals surface area (Å²) in [7, 11) is 0. The number of fused-ring (bicyclic) bond motifs is 19. The number of benzene rings is 14. The van der Waals surface area contributed by atoms with Gasteiger partial charge in [0.2, 0.25) is 0 Å². The van der Waals surface area contributed by atoms with E-state index >= 15 is 0 Å². The first kappa shape index (κ1) is 47.1. The van der Waals surface area contributed by atoms with Gasteiger partial charge in [-0.25, -0.2) is 0 Å². The second-order valence-corrected chi connectivity index (χ2v) is 23.8. The van der Waals surface area contributed by atoms with Crippen molar-refractivity contribution < 1.29 is 0 Å². The van der Waals surface area contributed by atoms with Crippen molar-refractivity contribution in [3.8, 4) is 61.3 Å². The maximum Gasteiger partial charge on any atom is 0.0726 e. The van der Waals surface area contributed by atoms with E-state index in [0.29, 0.717) is 0 Å². The highest BCUT2D eigenvalue weighted by molar-refractivity contribution is 7.26.